The van der Waals surface area contributed by atoms with Crippen LogP contribution in [0.3, 0.4) is 0 Å². The minimum atomic E-state index is -0.897. The number of amides is 2. The highest BCUT2D eigenvalue weighted by atomic mass is 32.1. The zero-order valence-corrected chi connectivity index (χ0v) is 13.6. The van der Waals surface area contributed by atoms with E-state index in [-0.39, 0.29) is 12.6 Å². The van der Waals surface area contributed by atoms with E-state index < -0.39 is 6.10 Å². The minimum absolute atomic E-state index is 0.111. The van der Waals surface area contributed by atoms with Crippen LogP contribution >= 0.6 is 11.3 Å². The highest BCUT2D eigenvalue weighted by Gasteiger charge is 2.21. The molecule has 0 aliphatic carbocycles. The van der Waals surface area contributed by atoms with Crippen molar-refractivity contribution in [1.82, 2.24) is 9.88 Å². The Bertz CT molecular complexity index is 745. The molecule has 2 heterocycles. The van der Waals surface area contributed by atoms with E-state index in [0.717, 1.165) is 5.56 Å². The van der Waals surface area contributed by atoms with Crippen molar-refractivity contribution < 1.29 is 14.3 Å². The molecule has 0 fully saturated rings. The van der Waals surface area contributed by atoms with Crippen molar-refractivity contribution in [2.45, 2.75) is 12.6 Å². The van der Waals surface area contributed by atoms with Gasteiger partial charge < -0.3 is 14.4 Å². The summed E-state index contributed by atoms with van der Waals surface area (Å²) >= 11 is 1.34. The molecule has 1 aromatic carbocycles. The van der Waals surface area contributed by atoms with Crippen LogP contribution in [0.1, 0.15) is 17.4 Å². The monoisotopic (exact) mass is 343 g/mol. The molecule has 3 rings (SSSR count). The van der Waals surface area contributed by atoms with Crippen molar-refractivity contribution >= 4 is 22.5 Å². The fourth-order valence-electron chi connectivity index (χ4n) is 2.26. The van der Waals surface area contributed by atoms with Crippen LogP contribution in [-0.4, -0.2) is 27.6 Å². The first-order valence-electron chi connectivity index (χ1n) is 7.43. The largest absolute Gasteiger partial charge is 0.467 e. The number of nitrogens with one attached hydrogen (secondary N) is 1. The summed E-state index contributed by atoms with van der Waals surface area (Å²) < 4.78 is 5.21. The van der Waals surface area contributed by atoms with Gasteiger partial charge in [0.15, 0.2) is 5.13 Å². The standard InChI is InChI=1S/C17H17N3O3S/c21-14(15-7-4-9-23-15)12-20(11-13-5-2-1-3-6-13)17(22)19-16-18-8-10-24-16/h1-10,14,21H,11-12H2,(H,18,19,22)/t14-/m1/s1. The summed E-state index contributed by atoms with van der Waals surface area (Å²) in [6.07, 6.45) is 2.22. The number of benzene rings is 1. The topological polar surface area (TPSA) is 78.6 Å². The molecule has 0 aliphatic rings. The quantitative estimate of drug-likeness (QED) is 0.718. The Kier molecular flexibility index (Phi) is 5.25. The van der Waals surface area contributed by atoms with Gasteiger partial charge in [0.25, 0.3) is 0 Å². The Hall–Kier alpha value is -2.64. The van der Waals surface area contributed by atoms with E-state index in [4.69, 9.17) is 4.42 Å². The number of rotatable bonds is 6. The summed E-state index contributed by atoms with van der Waals surface area (Å²) in [5, 5.41) is 15.4. The molecule has 124 valence electrons. The van der Waals surface area contributed by atoms with E-state index in [1.165, 1.54) is 22.5 Å². The lowest BCUT2D eigenvalue weighted by Gasteiger charge is -2.24. The third kappa shape index (κ3) is 4.21. The minimum Gasteiger partial charge on any atom is -0.467 e. The molecular formula is C17H17N3O3S. The third-order valence-corrected chi connectivity index (χ3v) is 4.10. The molecule has 2 aromatic heterocycles. The second-order valence-electron chi connectivity index (χ2n) is 5.16. The van der Waals surface area contributed by atoms with Crippen molar-refractivity contribution in [3.63, 3.8) is 0 Å². The van der Waals surface area contributed by atoms with Crippen LogP contribution in [0.2, 0.25) is 0 Å². The number of aromatic nitrogens is 1. The Labute approximate surface area is 143 Å². The maximum Gasteiger partial charge on any atom is 0.324 e. The number of hydrogen-bond acceptors (Lipinski definition) is 5. The molecular weight excluding hydrogens is 326 g/mol. The van der Waals surface area contributed by atoms with Gasteiger partial charge in [0.1, 0.15) is 11.9 Å². The smallest absolute Gasteiger partial charge is 0.324 e. The van der Waals surface area contributed by atoms with Crippen LogP contribution in [-0.2, 0) is 6.54 Å². The first-order chi connectivity index (χ1) is 11.7. The molecule has 3 aromatic rings. The van der Waals surface area contributed by atoms with Gasteiger partial charge in [0.2, 0.25) is 0 Å². The van der Waals surface area contributed by atoms with Gasteiger partial charge in [-0.1, -0.05) is 30.3 Å². The second-order valence-corrected chi connectivity index (χ2v) is 6.06. The van der Waals surface area contributed by atoms with Gasteiger partial charge in [0, 0.05) is 18.1 Å². The molecule has 0 unspecified atom stereocenters. The lowest BCUT2D eigenvalue weighted by Crippen LogP contribution is -2.37. The number of anilines is 1. The van der Waals surface area contributed by atoms with E-state index in [0.29, 0.717) is 17.4 Å². The van der Waals surface area contributed by atoms with E-state index in [2.05, 4.69) is 10.3 Å². The predicted octanol–water partition coefficient (Wildman–Crippen LogP) is 3.50. The first-order valence-corrected chi connectivity index (χ1v) is 8.31. The molecule has 7 heteroatoms. The number of furan rings is 1. The normalized spacial score (nSPS) is 11.9. The molecule has 1 atom stereocenters. The summed E-state index contributed by atoms with van der Waals surface area (Å²) in [6.45, 7) is 0.482. The number of hydrogen-bond donors (Lipinski definition) is 2. The van der Waals surface area contributed by atoms with Gasteiger partial charge in [0.05, 0.1) is 12.8 Å². The summed E-state index contributed by atoms with van der Waals surface area (Å²) in [7, 11) is 0. The van der Waals surface area contributed by atoms with Crippen LogP contribution in [0, 0.1) is 0 Å². The maximum atomic E-state index is 12.6. The summed E-state index contributed by atoms with van der Waals surface area (Å²) in [5.74, 6) is 0.426. The van der Waals surface area contributed by atoms with Crippen LogP contribution in [0.15, 0.2) is 64.7 Å². The molecule has 0 saturated carbocycles. The Morgan fingerprint density at radius 2 is 2.12 bits per heavy atom. The summed E-state index contributed by atoms with van der Waals surface area (Å²) in [4.78, 5) is 18.1. The van der Waals surface area contributed by atoms with Gasteiger partial charge in [-0.2, -0.15) is 0 Å². The lowest BCUT2D eigenvalue weighted by atomic mass is 10.2. The second kappa shape index (κ2) is 7.76. The SMILES string of the molecule is O=C(Nc1nccs1)N(Cc1ccccc1)C[C@@H](O)c1ccco1. The maximum absolute atomic E-state index is 12.6. The van der Waals surface area contributed by atoms with E-state index >= 15 is 0 Å². The molecule has 6 nitrogen and oxygen atoms in total. The number of carbonyl (C=O) groups is 1. The third-order valence-electron chi connectivity index (χ3n) is 3.41. The predicted molar refractivity (Wildman–Crippen MR) is 91.7 cm³/mol. The zero-order chi connectivity index (χ0) is 16.8. The van der Waals surface area contributed by atoms with Crippen molar-refractivity contribution in [2.75, 3.05) is 11.9 Å². The van der Waals surface area contributed by atoms with Crippen LogP contribution in [0.5, 0.6) is 0 Å². The summed E-state index contributed by atoms with van der Waals surface area (Å²) in [5.41, 5.74) is 0.971. The highest BCUT2D eigenvalue weighted by molar-refractivity contribution is 7.13. The van der Waals surface area contributed by atoms with E-state index in [9.17, 15) is 9.90 Å². The van der Waals surface area contributed by atoms with Gasteiger partial charge in [-0.25, -0.2) is 9.78 Å². The Morgan fingerprint density at radius 3 is 2.79 bits per heavy atom. The van der Waals surface area contributed by atoms with Crippen LogP contribution < -0.4 is 5.32 Å². The fourth-order valence-corrected chi connectivity index (χ4v) is 2.78. The van der Waals surface area contributed by atoms with Crippen molar-refractivity contribution in [2.24, 2.45) is 0 Å². The molecule has 0 spiro atoms. The first kappa shape index (κ1) is 16.2. The van der Waals surface area contributed by atoms with E-state index in [1.807, 2.05) is 30.3 Å². The molecule has 24 heavy (non-hydrogen) atoms. The zero-order valence-electron chi connectivity index (χ0n) is 12.8. The molecule has 2 N–H and O–H groups in total. The van der Waals surface area contributed by atoms with E-state index in [1.54, 1.807) is 23.7 Å². The molecule has 0 saturated heterocycles. The number of carbonyl (C=O) groups excluding carboxylic acids is 1. The number of urea groups is 1. The average molecular weight is 343 g/mol. The molecule has 0 radical (unpaired) electrons. The Balaban J connectivity index is 1.73. The molecule has 2 amide bonds. The summed E-state index contributed by atoms with van der Waals surface area (Å²) in [6, 6.07) is 12.7. The number of nitrogens with zero attached hydrogens (tertiary/aromatic N) is 2. The van der Waals surface area contributed by atoms with Gasteiger partial charge in [-0.3, -0.25) is 5.32 Å². The molecule has 0 bridgehead atoms. The van der Waals surface area contributed by atoms with Gasteiger partial charge in [-0.05, 0) is 17.7 Å². The van der Waals surface area contributed by atoms with Crippen LogP contribution in [0.4, 0.5) is 9.93 Å². The Morgan fingerprint density at radius 1 is 1.29 bits per heavy atom. The van der Waals surface area contributed by atoms with Crippen LogP contribution in [0.25, 0.3) is 0 Å². The van der Waals surface area contributed by atoms with Gasteiger partial charge in [-0.15, -0.1) is 11.3 Å². The van der Waals surface area contributed by atoms with Gasteiger partial charge >= 0.3 is 6.03 Å². The van der Waals surface area contributed by atoms with Crippen molar-refractivity contribution in [3.8, 4) is 0 Å². The highest BCUT2D eigenvalue weighted by Crippen LogP contribution is 2.18. The molecule has 0 aliphatic heterocycles. The number of thiazole rings is 1. The van der Waals surface area contributed by atoms with Crippen molar-refractivity contribution in [3.05, 3.63) is 71.6 Å². The lowest BCUT2D eigenvalue weighted by molar-refractivity contribution is 0.105. The van der Waals surface area contributed by atoms with Crippen molar-refractivity contribution in [1.29, 1.82) is 0 Å². The fraction of sp³-hybridized carbons (Fsp3) is 0.176. The number of aliphatic hydroxyl groups is 1. The average Bonchev–Trinajstić information content (AvgIpc) is 3.29. The number of aliphatic hydroxyl groups excluding tert-OH is 1.